The van der Waals surface area contributed by atoms with Crippen molar-refractivity contribution in [3.63, 3.8) is 0 Å². The number of nitrogens with zero attached hydrogens (tertiary/aromatic N) is 2. The molecule has 4 heteroatoms. The SMILES string of the molecule is Cn1c([O-])nc2cc(F)ccc21. The second-order valence-corrected chi connectivity index (χ2v) is 2.59. The Labute approximate surface area is 68.1 Å². The fourth-order valence-corrected chi connectivity index (χ4v) is 1.15. The molecule has 0 saturated carbocycles. The van der Waals surface area contributed by atoms with Crippen LogP contribution in [0.15, 0.2) is 18.2 Å². The van der Waals surface area contributed by atoms with E-state index < -0.39 is 0 Å². The van der Waals surface area contributed by atoms with E-state index in [2.05, 4.69) is 4.98 Å². The highest BCUT2D eigenvalue weighted by Crippen LogP contribution is 2.17. The average Bonchev–Trinajstić information content (AvgIpc) is 2.28. The molecule has 0 radical (unpaired) electrons. The molecule has 0 fully saturated rings. The summed E-state index contributed by atoms with van der Waals surface area (Å²) in [6, 6.07) is 3.75. The maximum atomic E-state index is 12.6. The third-order valence-corrected chi connectivity index (χ3v) is 1.80. The largest absolute Gasteiger partial charge is 0.846 e. The highest BCUT2D eigenvalue weighted by molar-refractivity contribution is 5.76. The predicted octanol–water partition coefficient (Wildman–Crippen LogP) is 0.786. The summed E-state index contributed by atoms with van der Waals surface area (Å²) in [6.45, 7) is 0. The van der Waals surface area contributed by atoms with Crippen LogP contribution >= 0.6 is 0 Å². The highest BCUT2D eigenvalue weighted by Gasteiger charge is 2.01. The van der Waals surface area contributed by atoms with Crippen molar-refractivity contribution in [2.45, 2.75) is 0 Å². The Morgan fingerprint density at radius 3 is 3.00 bits per heavy atom. The van der Waals surface area contributed by atoms with Crippen molar-refractivity contribution in [1.82, 2.24) is 9.55 Å². The molecular formula is C8H6FN2O-. The number of imidazole rings is 1. The second kappa shape index (κ2) is 2.20. The minimum absolute atomic E-state index is 0.351. The number of hydrogen-bond donors (Lipinski definition) is 0. The quantitative estimate of drug-likeness (QED) is 0.579. The van der Waals surface area contributed by atoms with Crippen LogP contribution in [0.1, 0.15) is 0 Å². The molecule has 1 aromatic carbocycles. The molecule has 1 heterocycles. The van der Waals surface area contributed by atoms with Crippen molar-refractivity contribution in [1.29, 1.82) is 0 Å². The van der Waals surface area contributed by atoms with Crippen molar-refractivity contribution in [3.8, 4) is 6.01 Å². The first-order valence-corrected chi connectivity index (χ1v) is 3.47. The molecule has 62 valence electrons. The first-order chi connectivity index (χ1) is 5.68. The second-order valence-electron chi connectivity index (χ2n) is 2.59. The number of aromatic nitrogens is 2. The summed E-state index contributed by atoms with van der Waals surface area (Å²) in [5.74, 6) is -0.374. The lowest BCUT2D eigenvalue weighted by Gasteiger charge is -2.02. The first kappa shape index (κ1) is 7.09. The van der Waals surface area contributed by atoms with Gasteiger partial charge in [-0.3, -0.25) is 0 Å². The van der Waals surface area contributed by atoms with E-state index in [1.807, 2.05) is 0 Å². The van der Waals surface area contributed by atoms with Gasteiger partial charge in [-0.15, -0.1) is 0 Å². The zero-order chi connectivity index (χ0) is 8.72. The van der Waals surface area contributed by atoms with Crippen LogP contribution in [-0.2, 0) is 7.05 Å². The summed E-state index contributed by atoms with van der Waals surface area (Å²) in [5.41, 5.74) is 1.06. The predicted molar refractivity (Wildman–Crippen MR) is 40.1 cm³/mol. The standard InChI is InChI=1S/C8H7FN2O/c1-11-7-3-2-5(9)4-6(7)10-8(11)12/h2-4H,1H3,(H,10,12)/p-1. The van der Waals surface area contributed by atoms with E-state index in [-0.39, 0.29) is 11.8 Å². The molecule has 1 aromatic heterocycles. The van der Waals surface area contributed by atoms with Crippen molar-refractivity contribution in [3.05, 3.63) is 24.0 Å². The Bertz CT molecular complexity index is 436. The van der Waals surface area contributed by atoms with Crippen molar-refractivity contribution >= 4 is 11.0 Å². The highest BCUT2D eigenvalue weighted by atomic mass is 19.1. The molecule has 0 aliphatic carbocycles. The van der Waals surface area contributed by atoms with E-state index in [9.17, 15) is 9.50 Å². The molecule has 2 rings (SSSR count). The topological polar surface area (TPSA) is 40.9 Å². The molecule has 3 nitrogen and oxygen atoms in total. The summed E-state index contributed by atoms with van der Waals surface area (Å²) >= 11 is 0. The molecule has 0 saturated heterocycles. The maximum Gasteiger partial charge on any atom is 0.125 e. The van der Waals surface area contributed by atoms with Gasteiger partial charge in [-0.1, -0.05) is 0 Å². The Balaban J connectivity index is 2.87. The maximum absolute atomic E-state index is 12.6. The number of hydrogen-bond acceptors (Lipinski definition) is 2. The molecule has 0 amide bonds. The summed E-state index contributed by atoms with van der Waals surface area (Å²) in [6.07, 6.45) is 0. The molecule has 0 spiro atoms. The van der Waals surface area contributed by atoms with Gasteiger partial charge in [-0.2, -0.15) is 0 Å². The van der Waals surface area contributed by atoms with Crippen LogP contribution in [0.5, 0.6) is 6.01 Å². The lowest BCUT2D eigenvalue weighted by Crippen LogP contribution is -1.98. The van der Waals surface area contributed by atoms with E-state index in [0.717, 1.165) is 0 Å². The smallest absolute Gasteiger partial charge is 0.125 e. The van der Waals surface area contributed by atoms with Gasteiger partial charge >= 0.3 is 0 Å². The van der Waals surface area contributed by atoms with Crippen molar-refractivity contribution < 1.29 is 9.50 Å². The van der Waals surface area contributed by atoms with Gasteiger partial charge in [0, 0.05) is 13.1 Å². The average molecular weight is 165 g/mol. The number of halogens is 1. The van der Waals surface area contributed by atoms with Gasteiger partial charge in [0.2, 0.25) is 0 Å². The van der Waals surface area contributed by atoms with E-state index in [1.165, 1.54) is 16.7 Å². The van der Waals surface area contributed by atoms with Crippen LogP contribution in [-0.4, -0.2) is 9.55 Å². The molecule has 0 unspecified atom stereocenters. The van der Waals surface area contributed by atoms with Gasteiger partial charge in [-0.05, 0) is 12.1 Å². The van der Waals surface area contributed by atoms with Gasteiger partial charge < -0.3 is 9.67 Å². The monoisotopic (exact) mass is 165 g/mol. The van der Waals surface area contributed by atoms with Gasteiger partial charge in [0.25, 0.3) is 0 Å². The summed E-state index contributed by atoms with van der Waals surface area (Å²) in [4.78, 5) is 3.64. The Hall–Kier alpha value is -1.58. The van der Waals surface area contributed by atoms with E-state index in [0.29, 0.717) is 11.0 Å². The van der Waals surface area contributed by atoms with E-state index in [4.69, 9.17) is 0 Å². The van der Waals surface area contributed by atoms with Crippen LogP contribution in [0.25, 0.3) is 11.0 Å². The van der Waals surface area contributed by atoms with Gasteiger partial charge in [0.05, 0.1) is 17.0 Å². The van der Waals surface area contributed by atoms with E-state index >= 15 is 0 Å². The molecular weight excluding hydrogens is 159 g/mol. The summed E-state index contributed by atoms with van der Waals surface area (Å²) in [7, 11) is 1.61. The van der Waals surface area contributed by atoms with Crippen LogP contribution in [0.3, 0.4) is 0 Å². The van der Waals surface area contributed by atoms with E-state index in [1.54, 1.807) is 13.1 Å². The van der Waals surface area contributed by atoms with Crippen LogP contribution < -0.4 is 5.11 Å². The third-order valence-electron chi connectivity index (χ3n) is 1.80. The van der Waals surface area contributed by atoms with Crippen LogP contribution in [0, 0.1) is 5.82 Å². The minimum Gasteiger partial charge on any atom is -0.846 e. The molecule has 2 aromatic rings. The normalized spacial score (nSPS) is 10.8. The Kier molecular flexibility index (Phi) is 1.30. The summed E-state index contributed by atoms with van der Waals surface area (Å²) < 4.78 is 14.0. The van der Waals surface area contributed by atoms with Crippen molar-refractivity contribution in [2.24, 2.45) is 7.05 Å². The molecule has 12 heavy (non-hydrogen) atoms. The number of aryl methyl sites for hydroxylation is 1. The molecule has 0 atom stereocenters. The summed E-state index contributed by atoms with van der Waals surface area (Å²) in [5, 5.41) is 11.0. The van der Waals surface area contributed by atoms with Crippen LogP contribution in [0.2, 0.25) is 0 Å². The fourth-order valence-electron chi connectivity index (χ4n) is 1.15. The molecule has 0 bridgehead atoms. The fraction of sp³-hybridized carbons (Fsp3) is 0.125. The lowest BCUT2D eigenvalue weighted by molar-refractivity contribution is -0.284. The zero-order valence-electron chi connectivity index (χ0n) is 6.41. The third kappa shape index (κ3) is 0.845. The lowest BCUT2D eigenvalue weighted by atomic mass is 10.3. The Morgan fingerprint density at radius 2 is 2.25 bits per heavy atom. The van der Waals surface area contributed by atoms with Crippen molar-refractivity contribution in [2.75, 3.05) is 0 Å². The Morgan fingerprint density at radius 1 is 1.50 bits per heavy atom. The van der Waals surface area contributed by atoms with Gasteiger partial charge in [0.1, 0.15) is 5.82 Å². The number of benzene rings is 1. The first-order valence-electron chi connectivity index (χ1n) is 3.47. The van der Waals surface area contributed by atoms with Gasteiger partial charge in [-0.25, -0.2) is 9.37 Å². The number of rotatable bonds is 0. The minimum atomic E-state index is -0.374. The molecule has 0 aliphatic rings. The molecule has 0 N–H and O–H groups in total. The van der Waals surface area contributed by atoms with Crippen LogP contribution in [0.4, 0.5) is 4.39 Å². The molecule has 0 aliphatic heterocycles. The van der Waals surface area contributed by atoms with Gasteiger partial charge in [0.15, 0.2) is 0 Å². The number of fused-ring (bicyclic) bond motifs is 1. The zero-order valence-corrected chi connectivity index (χ0v) is 6.41.